The first-order valence-corrected chi connectivity index (χ1v) is 7.29. The maximum atomic E-state index is 13.4. The Labute approximate surface area is 117 Å². The number of hydrogen-bond donors (Lipinski definition) is 1. The van der Waals surface area contributed by atoms with Gasteiger partial charge in [0.2, 0.25) is 0 Å². The second-order valence-corrected chi connectivity index (χ2v) is 6.28. The average Bonchev–Trinajstić information content (AvgIpc) is 2.84. The Morgan fingerprint density at radius 3 is 2.84 bits per heavy atom. The topological polar surface area (TPSA) is 26.0 Å². The van der Waals surface area contributed by atoms with E-state index >= 15 is 0 Å². The van der Waals surface area contributed by atoms with Gasteiger partial charge in [-0.2, -0.15) is 0 Å². The molecule has 1 aliphatic rings. The van der Waals surface area contributed by atoms with E-state index in [4.69, 9.17) is 5.73 Å². The number of halogens is 1. The summed E-state index contributed by atoms with van der Waals surface area (Å²) in [5, 5.41) is 0.290. The largest absolute Gasteiger partial charge is 0.323 e. The standard InChI is InChI=1S/C16H16FNS/c1-10-6-7-12(17)9-13(10)16(18)15-8-11-4-2-3-5-14(11)19-15/h2-7,9,15-16H,8,18H2,1H3. The molecule has 0 saturated heterocycles. The van der Waals surface area contributed by atoms with Crippen molar-refractivity contribution in [2.75, 3.05) is 0 Å². The quantitative estimate of drug-likeness (QED) is 0.899. The smallest absolute Gasteiger partial charge is 0.123 e. The molecule has 2 aromatic rings. The van der Waals surface area contributed by atoms with Gasteiger partial charge in [-0.15, -0.1) is 11.8 Å². The molecule has 2 N–H and O–H groups in total. The van der Waals surface area contributed by atoms with Crippen molar-refractivity contribution in [2.24, 2.45) is 5.73 Å². The van der Waals surface area contributed by atoms with Gasteiger partial charge < -0.3 is 5.73 Å². The van der Waals surface area contributed by atoms with Crippen LogP contribution in [0.25, 0.3) is 0 Å². The molecule has 1 heterocycles. The van der Waals surface area contributed by atoms with Crippen LogP contribution < -0.4 is 5.73 Å². The van der Waals surface area contributed by atoms with Gasteiger partial charge in [-0.3, -0.25) is 0 Å². The molecule has 0 aromatic heterocycles. The molecule has 0 spiro atoms. The summed E-state index contributed by atoms with van der Waals surface area (Å²) in [6, 6.07) is 13.1. The van der Waals surface area contributed by atoms with E-state index in [1.54, 1.807) is 23.9 Å². The first-order valence-electron chi connectivity index (χ1n) is 6.41. The molecule has 1 nitrogen and oxygen atoms in total. The van der Waals surface area contributed by atoms with Crippen LogP contribution in [0.1, 0.15) is 22.7 Å². The third-order valence-electron chi connectivity index (χ3n) is 3.67. The Bertz CT molecular complexity index is 586. The van der Waals surface area contributed by atoms with Gasteiger partial charge >= 0.3 is 0 Å². The van der Waals surface area contributed by atoms with Crippen LogP contribution in [-0.2, 0) is 6.42 Å². The van der Waals surface area contributed by atoms with E-state index in [0.29, 0.717) is 0 Å². The fraction of sp³-hybridized carbons (Fsp3) is 0.250. The summed E-state index contributed by atoms with van der Waals surface area (Å²) < 4.78 is 13.4. The van der Waals surface area contributed by atoms with Crippen LogP contribution in [0.3, 0.4) is 0 Å². The Morgan fingerprint density at radius 2 is 2.05 bits per heavy atom. The fourth-order valence-corrected chi connectivity index (χ4v) is 3.92. The third-order valence-corrected chi connectivity index (χ3v) is 5.09. The Hall–Kier alpha value is -1.32. The molecule has 3 rings (SSSR count). The van der Waals surface area contributed by atoms with E-state index in [1.807, 2.05) is 13.0 Å². The normalized spacial score (nSPS) is 19.2. The highest BCUT2D eigenvalue weighted by atomic mass is 32.2. The van der Waals surface area contributed by atoms with E-state index in [2.05, 4.69) is 18.2 Å². The SMILES string of the molecule is Cc1ccc(F)cc1C(N)C1Cc2ccccc2S1. The van der Waals surface area contributed by atoms with Gasteiger partial charge in [-0.05, 0) is 48.2 Å². The lowest BCUT2D eigenvalue weighted by atomic mass is 9.96. The summed E-state index contributed by atoms with van der Waals surface area (Å²) in [5.41, 5.74) is 9.69. The number of nitrogens with two attached hydrogens (primary N) is 1. The number of rotatable bonds is 2. The first-order chi connectivity index (χ1) is 9.15. The van der Waals surface area contributed by atoms with E-state index in [1.165, 1.54) is 16.5 Å². The molecule has 2 atom stereocenters. The molecular formula is C16H16FNS. The van der Waals surface area contributed by atoms with Crippen LogP contribution in [-0.4, -0.2) is 5.25 Å². The van der Waals surface area contributed by atoms with Gasteiger partial charge in [0.15, 0.2) is 0 Å². The van der Waals surface area contributed by atoms with Gasteiger partial charge in [0.05, 0.1) is 0 Å². The Kier molecular flexibility index (Phi) is 3.33. The third kappa shape index (κ3) is 2.40. The lowest BCUT2D eigenvalue weighted by molar-refractivity contribution is 0.613. The van der Waals surface area contributed by atoms with Crippen LogP contribution in [0.15, 0.2) is 47.4 Å². The van der Waals surface area contributed by atoms with Crippen molar-refractivity contribution < 1.29 is 4.39 Å². The number of hydrogen-bond acceptors (Lipinski definition) is 2. The van der Waals surface area contributed by atoms with Crippen molar-refractivity contribution >= 4 is 11.8 Å². The molecule has 2 unspecified atom stereocenters. The maximum absolute atomic E-state index is 13.4. The minimum absolute atomic E-state index is 0.131. The van der Waals surface area contributed by atoms with Crippen molar-refractivity contribution in [3.63, 3.8) is 0 Å². The van der Waals surface area contributed by atoms with Crippen LogP contribution in [0.4, 0.5) is 4.39 Å². The van der Waals surface area contributed by atoms with Gasteiger partial charge in [0, 0.05) is 16.2 Å². The highest BCUT2D eigenvalue weighted by Crippen LogP contribution is 2.42. The van der Waals surface area contributed by atoms with Crippen LogP contribution in [0.5, 0.6) is 0 Å². The van der Waals surface area contributed by atoms with Crippen LogP contribution in [0.2, 0.25) is 0 Å². The van der Waals surface area contributed by atoms with Crippen molar-refractivity contribution in [2.45, 2.75) is 29.5 Å². The average molecular weight is 273 g/mol. The zero-order chi connectivity index (χ0) is 13.4. The number of benzene rings is 2. The minimum atomic E-state index is -0.212. The lowest BCUT2D eigenvalue weighted by Crippen LogP contribution is -2.24. The van der Waals surface area contributed by atoms with Crippen LogP contribution in [0, 0.1) is 12.7 Å². The second kappa shape index (κ2) is 4.99. The maximum Gasteiger partial charge on any atom is 0.123 e. The molecule has 0 amide bonds. The van der Waals surface area contributed by atoms with Crippen molar-refractivity contribution in [3.8, 4) is 0 Å². The molecule has 0 aliphatic carbocycles. The predicted octanol–water partition coefficient (Wildman–Crippen LogP) is 3.85. The van der Waals surface area contributed by atoms with Crippen LogP contribution >= 0.6 is 11.8 Å². The molecule has 0 bridgehead atoms. The minimum Gasteiger partial charge on any atom is -0.323 e. The molecule has 19 heavy (non-hydrogen) atoms. The number of fused-ring (bicyclic) bond motifs is 1. The highest BCUT2D eigenvalue weighted by molar-refractivity contribution is 8.00. The molecule has 3 heteroatoms. The zero-order valence-corrected chi connectivity index (χ0v) is 11.6. The van der Waals surface area contributed by atoms with E-state index in [0.717, 1.165) is 17.5 Å². The molecule has 98 valence electrons. The van der Waals surface area contributed by atoms with E-state index in [-0.39, 0.29) is 17.1 Å². The molecule has 1 aliphatic heterocycles. The summed E-state index contributed by atoms with van der Waals surface area (Å²) in [5.74, 6) is -0.212. The van der Waals surface area contributed by atoms with Gasteiger partial charge in [-0.1, -0.05) is 24.3 Å². The summed E-state index contributed by atoms with van der Waals surface area (Å²) in [6.07, 6.45) is 0.956. The monoisotopic (exact) mass is 273 g/mol. The summed E-state index contributed by atoms with van der Waals surface area (Å²) in [6.45, 7) is 1.99. The Balaban J connectivity index is 1.87. The predicted molar refractivity (Wildman–Crippen MR) is 77.9 cm³/mol. The number of aryl methyl sites for hydroxylation is 1. The van der Waals surface area contributed by atoms with E-state index < -0.39 is 0 Å². The Morgan fingerprint density at radius 1 is 1.26 bits per heavy atom. The number of thioether (sulfide) groups is 1. The molecule has 0 radical (unpaired) electrons. The van der Waals surface area contributed by atoms with Gasteiger partial charge in [0.25, 0.3) is 0 Å². The summed E-state index contributed by atoms with van der Waals surface area (Å²) in [7, 11) is 0. The zero-order valence-electron chi connectivity index (χ0n) is 10.8. The lowest BCUT2D eigenvalue weighted by Gasteiger charge is -2.20. The highest BCUT2D eigenvalue weighted by Gasteiger charge is 2.28. The second-order valence-electron chi connectivity index (χ2n) is 4.99. The van der Waals surface area contributed by atoms with Crippen molar-refractivity contribution in [1.82, 2.24) is 0 Å². The fourth-order valence-electron chi connectivity index (χ4n) is 2.58. The van der Waals surface area contributed by atoms with Crippen molar-refractivity contribution in [1.29, 1.82) is 0 Å². The molecule has 0 fully saturated rings. The molecule has 0 saturated carbocycles. The van der Waals surface area contributed by atoms with Gasteiger partial charge in [0.1, 0.15) is 5.82 Å². The van der Waals surface area contributed by atoms with Crippen molar-refractivity contribution in [3.05, 3.63) is 65.0 Å². The molecular weight excluding hydrogens is 257 g/mol. The summed E-state index contributed by atoms with van der Waals surface area (Å²) in [4.78, 5) is 1.30. The van der Waals surface area contributed by atoms with Gasteiger partial charge in [-0.25, -0.2) is 4.39 Å². The summed E-state index contributed by atoms with van der Waals surface area (Å²) >= 11 is 1.81. The first kappa shape index (κ1) is 12.7. The van der Waals surface area contributed by atoms with E-state index in [9.17, 15) is 4.39 Å². The molecule has 2 aromatic carbocycles.